The van der Waals surface area contributed by atoms with E-state index in [9.17, 15) is 13.2 Å². The van der Waals surface area contributed by atoms with Crippen LogP contribution in [0.2, 0.25) is 0 Å². The number of thiophene rings is 1. The highest BCUT2D eigenvalue weighted by atomic mass is 32.2. The fourth-order valence-corrected chi connectivity index (χ4v) is 5.61. The summed E-state index contributed by atoms with van der Waals surface area (Å²) in [6.45, 7) is 5.77. The van der Waals surface area contributed by atoms with Gasteiger partial charge in [-0.2, -0.15) is 4.31 Å². The van der Waals surface area contributed by atoms with Gasteiger partial charge in [0.15, 0.2) is 0 Å². The van der Waals surface area contributed by atoms with E-state index in [1.807, 2.05) is 13.8 Å². The van der Waals surface area contributed by atoms with Crippen LogP contribution in [0.15, 0.2) is 16.3 Å². The van der Waals surface area contributed by atoms with E-state index < -0.39 is 10.0 Å². The fourth-order valence-electron chi connectivity index (χ4n) is 2.70. The standard InChI is InChI=1S/C15H24N2O3S2/c1-12(2)11-16(3)15(18)14-13(7-10-21-14)22(19,20)17-8-5-4-6-9-17/h7,10,12H,4-6,8-9,11H2,1-3H3. The van der Waals surface area contributed by atoms with Crippen molar-refractivity contribution in [3.05, 3.63) is 16.3 Å². The molecule has 7 heteroatoms. The van der Waals surface area contributed by atoms with Crippen LogP contribution in [-0.2, 0) is 10.0 Å². The number of nitrogens with zero attached hydrogens (tertiary/aromatic N) is 2. The molecule has 1 amide bonds. The molecule has 0 aliphatic carbocycles. The number of sulfonamides is 1. The first-order valence-corrected chi connectivity index (χ1v) is 9.99. The van der Waals surface area contributed by atoms with Crippen LogP contribution in [0.25, 0.3) is 0 Å². The van der Waals surface area contributed by atoms with Crippen molar-refractivity contribution in [2.24, 2.45) is 5.92 Å². The monoisotopic (exact) mass is 344 g/mol. The van der Waals surface area contributed by atoms with E-state index in [0.29, 0.717) is 30.4 Å². The largest absolute Gasteiger partial charge is 0.341 e. The zero-order chi connectivity index (χ0) is 16.3. The van der Waals surface area contributed by atoms with E-state index in [2.05, 4.69) is 0 Å². The van der Waals surface area contributed by atoms with Crippen molar-refractivity contribution in [2.75, 3.05) is 26.7 Å². The molecular formula is C15H24N2O3S2. The van der Waals surface area contributed by atoms with Gasteiger partial charge in [-0.15, -0.1) is 11.3 Å². The molecule has 1 aliphatic rings. The number of hydrogen-bond donors (Lipinski definition) is 0. The van der Waals surface area contributed by atoms with Crippen molar-refractivity contribution >= 4 is 27.3 Å². The summed E-state index contributed by atoms with van der Waals surface area (Å²) in [4.78, 5) is 14.6. The van der Waals surface area contributed by atoms with Crippen molar-refractivity contribution in [1.82, 2.24) is 9.21 Å². The lowest BCUT2D eigenvalue weighted by Crippen LogP contribution is -2.37. The molecule has 0 saturated carbocycles. The number of hydrogen-bond acceptors (Lipinski definition) is 4. The molecule has 2 rings (SSSR count). The molecule has 1 aromatic rings. The molecule has 0 N–H and O–H groups in total. The molecule has 0 radical (unpaired) electrons. The van der Waals surface area contributed by atoms with Crippen molar-refractivity contribution in [3.8, 4) is 0 Å². The van der Waals surface area contributed by atoms with E-state index in [4.69, 9.17) is 0 Å². The summed E-state index contributed by atoms with van der Waals surface area (Å²) in [5.41, 5.74) is 0. The van der Waals surface area contributed by atoms with Gasteiger partial charge in [-0.1, -0.05) is 20.3 Å². The lowest BCUT2D eigenvalue weighted by molar-refractivity contribution is 0.0780. The summed E-state index contributed by atoms with van der Waals surface area (Å²) in [6.07, 6.45) is 2.85. The molecule has 1 aromatic heterocycles. The minimum atomic E-state index is -3.56. The fraction of sp³-hybridized carbons (Fsp3) is 0.667. The van der Waals surface area contributed by atoms with Gasteiger partial charge in [-0.05, 0) is 30.2 Å². The van der Waals surface area contributed by atoms with Crippen LogP contribution in [0.3, 0.4) is 0 Å². The molecule has 0 spiro atoms. The van der Waals surface area contributed by atoms with Gasteiger partial charge in [0.05, 0.1) is 0 Å². The van der Waals surface area contributed by atoms with Crippen LogP contribution in [0.1, 0.15) is 42.8 Å². The molecule has 0 unspecified atom stereocenters. The van der Waals surface area contributed by atoms with Gasteiger partial charge in [0.25, 0.3) is 5.91 Å². The van der Waals surface area contributed by atoms with Crippen molar-refractivity contribution in [1.29, 1.82) is 0 Å². The molecule has 22 heavy (non-hydrogen) atoms. The lowest BCUT2D eigenvalue weighted by Gasteiger charge is -2.26. The van der Waals surface area contributed by atoms with Gasteiger partial charge >= 0.3 is 0 Å². The lowest BCUT2D eigenvalue weighted by atomic mass is 10.2. The quantitative estimate of drug-likeness (QED) is 0.825. The maximum atomic E-state index is 12.8. The Kier molecular flexibility index (Phi) is 5.63. The Labute approximate surface area is 137 Å². The Morgan fingerprint density at radius 1 is 1.32 bits per heavy atom. The number of carbonyl (C=O) groups excluding carboxylic acids is 1. The second-order valence-corrected chi connectivity index (χ2v) is 8.98. The van der Waals surface area contributed by atoms with E-state index in [1.165, 1.54) is 15.6 Å². The highest BCUT2D eigenvalue weighted by Crippen LogP contribution is 2.28. The highest BCUT2D eigenvalue weighted by molar-refractivity contribution is 7.89. The van der Waals surface area contributed by atoms with Crippen LogP contribution < -0.4 is 0 Å². The molecule has 5 nitrogen and oxygen atoms in total. The number of rotatable bonds is 5. The second-order valence-electron chi connectivity index (χ2n) is 6.16. The van der Waals surface area contributed by atoms with Crippen molar-refractivity contribution in [2.45, 2.75) is 38.0 Å². The third kappa shape index (κ3) is 3.70. The Bertz CT molecular complexity index is 616. The van der Waals surface area contributed by atoms with Gasteiger partial charge < -0.3 is 4.90 Å². The van der Waals surface area contributed by atoms with Crippen LogP contribution in [0.5, 0.6) is 0 Å². The number of piperidine rings is 1. The van der Waals surface area contributed by atoms with E-state index in [-0.39, 0.29) is 10.8 Å². The zero-order valence-electron chi connectivity index (χ0n) is 13.4. The van der Waals surface area contributed by atoms with Gasteiger partial charge in [-0.25, -0.2) is 8.42 Å². The third-order valence-corrected chi connectivity index (χ3v) is 6.71. The Balaban J connectivity index is 2.26. The summed E-state index contributed by atoms with van der Waals surface area (Å²) >= 11 is 1.21. The summed E-state index contributed by atoms with van der Waals surface area (Å²) in [7, 11) is -1.84. The normalized spacial score (nSPS) is 16.9. The summed E-state index contributed by atoms with van der Waals surface area (Å²) in [6, 6.07) is 1.56. The molecule has 2 heterocycles. The average Bonchev–Trinajstić information content (AvgIpc) is 2.96. The average molecular weight is 345 g/mol. The van der Waals surface area contributed by atoms with Crippen LogP contribution in [0, 0.1) is 5.92 Å². The van der Waals surface area contributed by atoms with E-state index in [1.54, 1.807) is 23.4 Å². The number of amides is 1. The molecule has 124 valence electrons. The first-order chi connectivity index (χ1) is 10.3. The summed E-state index contributed by atoms with van der Waals surface area (Å²) in [5.74, 6) is 0.135. The van der Waals surface area contributed by atoms with Crippen molar-refractivity contribution < 1.29 is 13.2 Å². The van der Waals surface area contributed by atoms with Gasteiger partial charge in [-0.3, -0.25) is 4.79 Å². The first-order valence-electron chi connectivity index (χ1n) is 7.67. The van der Waals surface area contributed by atoms with Gasteiger partial charge in [0, 0.05) is 26.7 Å². The van der Waals surface area contributed by atoms with E-state index in [0.717, 1.165) is 19.3 Å². The molecule has 1 aliphatic heterocycles. The van der Waals surface area contributed by atoms with Crippen LogP contribution >= 0.6 is 11.3 Å². The summed E-state index contributed by atoms with van der Waals surface area (Å²) in [5, 5.41) is 1.69. The van der Waals surface area contributed by atoms with E-state index >= 15 is 0 Å². The molecule has 0 bridgehead atoms. The van der Waals surface area contributed by atoms with Gasteiger partial charge in [0.1, 0.15) is 9.77 Å². The highest BCUT2D eigenvalue weighted by Gasteiger charge is 2.31. The zero-order valence-corrected chi connectivity index (χ0v) is 15.0. The topological polar surface area (TPSA) is 57.7 Å². The smallest absolute Gasteiger partial charge is 0.265 e. The predicted octanol–water partition coefficient (Wildman–Crippen LogP) is 2.65. The first kappa shape index (κ1) is 17.4. The second kappa shape index (κ2) is 7.10. The molecule has 0 atom stereocenters. The molecule has 1 saturated heterocycles. The minimum Gasteiger partial charge on any atom is -0.341 e. The molecule has 1 fully saturated rings. The van der Waals surface area contributed by atoms with Crippen LogP contribution in [0.4, 0.5) is 0 Å². The van der Waals surface area contributed by atoms with Crippen LogP contribution in [-0.4, -0.2) is 50.2 Å². The molecular weight excluding hydrogens is 320 g/mol. The summed E-state index contributed by atoms with van der Waals surface area (Å²) < 4.78 is 27.1. The SMILES string of the molecule is CC(C)CN(C)C(=O)c1sccc1S(=O)(=O)N1CCCCC1. The maximum Gasteiger partial charge on any atom is 0.265 e. The maximum absolute atomic E-state index is 12.8. The van der Waals surface area contributed by atoms with Gasteiger partial charge in [0.2, 0.25) is 10.0 Å². The third-order valence-electron chi connectivity index (χ3n) is 3.74. The Hall–Kier alpha value is -0.920. The Morgan fingerprint density at radius 3 is 2.55 bits per heavy atom. The Morgan fingerprint density at radius 2 is 1.95 bits per heavy atom. The predicted molar refractivity (Wildman–Crippen MR) is 88.7 cm³/mol. The number of carbonyl (C=O) groups is 1. The molecule has 0 aromatic carbocycles. The van der Waals surface area contributed by atoms with Crippen molar-refractivity contribution in [3.63, 3.8) is 0 Å². The minimum absolute atomic E-state index is 0.167.